The first kappa shape index (κ1) is 24.7. The molecule has 1 heterocycles. The summed E-state index contributed by atoms with van der Waals surface area (Å²) in [5.41, 5.74) is -0.288. The van der Waals surface area contributed by atoms with E-state index in [9.17, 15) is 26.7 Å². The highest BCUT2D eigenvalue weighted by Crippen LogP contribution is 2.34. The molecule has 11 heteroatoms. The molecule has 3 aromatic rings. The number of anilines is 1. The second kappa shape index (κ2) is 9.67. The molecule has 0 fully saturated rings. The molecular formula is C24H13Cl2F5N2O2. The van der Waals surface area contributed by atoms with Crippen LogP contribution in [0.3, 0.4) is 0 Å². The molecule has 0 bridgehead atoms. The molecule has 0 saturated carbocycles. The van der Waals surface area contributed by atoms with Crippen LogP contribution in [-0.2, 0) is 11.4 Å². The molecule has 35 heavy (non-hydrogen) atoms. The minimum Gasteiger partial charge on any atom is -0.489 e. The second-order valence-electron chi connectivity index (χ2n) is 7.37. The summed E-state index contributed by atoms with van der Waals surface area (Å²) in [6.07, 6.45) is 1.37. The number of amides is 1. The number of hydrogen-bond donors (Lipinski definition) is 0. The number of carbonyl (C=O) groups is 1. The average molecular weight is 527 g/mol. The second-order valence-corrected chi connectivity index (χ2v) is 8.22. The van der Waals surface area contributed by atoms with Gasteiger partial charge in [-0.15, -0.1) is 0 Å². The Labute approximate surface area is 205 Å². The van der Waals surface area contributed by atoms with E-state index in [1.807, 2.05) is 0 Å². The third kappa shape index (κ3) is 4.74. The van der Waals surface area contributed by atoms with Crippen LogP contribution in [0, 0.1) is 29.1 Å². The van der Waals surface area contributed by atoms with Crippen LogP contribution in [0.4, 0.5) is 27.6 Å². The van der Waals surface area contributed by atoms with Crippen molar-refractivity contribution in [3.05, 3.63) is 98.3 Å². The number of hydrogen-bond acceptors (Lipinski definition) is 3. The van der Waals surface area contributed by atoms with Crippen LogP contribution in [0.2, 0.25) is 10.0 Å². The monoisotopic (exact) mass is 526 g/mol. The van der Waals surface area contributed by atoms with E-state index >= 15 is 0 Å². The molecule has 1 aliphatic heterocycles. The minimum atomic E-state index is -2.33. The SMILES string of the molecule is CC1=NN(c2c(F)c(F)c(F)c(F)c2F)C(=O)/C1=C/c1ccc(OCc2ccc(Cl)cc2Cl)cc1. The van der Waals surface area contributed by atoms with Crippen LogP contribution >= 0.6 is 23.2 Å². The van der Waals surface area contributed by atoms with E-state index in [-0.39, 0.29) is 22.9 Å². The molecule has 4 nitrogen and oxygen atoms in total. The van der Waals surface area contributed by atoms with E-state index in [0.717, 1.165) is 5.56 Å². The maximum atomic E-state index is 14.2. The lowest BCUT2D eigenvalue weighted by molar-refractivity contribution is -0.114. The fourth-order valence-corrected chi connectivity index (χ4v) is 3.70. The summed E-state index contributed by atoms with van der Waals surface area (Å²) in [7, 11) is 0. The van der Waals surface area contributed by atoms with Gasteiger partial charge in [0.25, 0.3) is 5.91 Å². The van der Waals surface area contributed by atoms with Gasteiger partial charge in [0.05, 0.1) is 11.3 Å². The summed E-state index contributed by atoms with van der Waals surface area (Å²) < 4.78 is 74.5. The highest BCUT2D eigenvalue weighted by molar-refractivity contribution is 6.35. The first-order valence-electron chi connectivity index (χ1n) is 9.88. The smallest absolute Gasteiger partial charge is 0.280 e. The van der Waals surface area contributed by atoms with Gasteiger partial charge in [-0.3, -0.25) is 4.79 Å². The van der Waals surface area contributed by atoms with Crippen LogP contribution < -0.4 is 9.75 Å². The highest BCUT2D eigenvalue weighted by Gasteiger charge is 2.37. The minimum absolute atomic E-state index is 0.0247. The van der Waals surface area contributed by atoms with E-state index < -0.39 is 40.7 Å². The van der Waals surface area contributed by atoms with Crippen molar-refractivity contribution in [3.63, 3.8) is 0 Å². The van der Waals surface area contributed by atoms with E-state index in [0.29, 0.717) is 21.4 Å². The first-order valence-corrected chi connectivity index (χ1v) is 10.6. The lowest BCUT2D eigenvalue weighted by atomic mass is 10.1. The fourth-order valence-electron chi connectivity index (χ4n) is 3.24. The number of nitrogens with zero attached hydrogens (tertiary/aromatic N) is 2. The molecule has 0 saturated heterocycles. The predicted molar refractivity (Wildman–Crippen MR) is 122 cm³/mol. The fraction of sp³-hybridized carbons (Fsp3) is 0.0833. The van der Waals surface area contributed by atoms with Gasteiger partial charge in [0.1, 0.15) is 18.0 Å². The molecule has 3 aromatic carbocycles. The van der Waals surface area contributed by atoms with Crippen LogP contribution in [0.15, 0.2) is 53.1 Å². The molecule has 0 atom stereocenters. The van der Waals surface area contributed by atoms with Gasteiger partial charge in [-0.1, -0.05) is 41.4 Å². The number of halogens is 7. The zero-order valence-electron chi connectivity index (χ0n) is 17.7. The molecule has 0 radical (unpaired) electrons. The van der Waals surface area contributed by atoms with Gasteiger partial charge in [0, 0.05) is 15.6 Å². The Kier molecular flexibility index (Phi) is 6.82. The first-order chi connectivity index (χ1) is 16.6. The maximum Gasteiger partial charge on any atom is 0.280 e. The van der Waals surface area contributed by atoms with Crippen LogP contribution in [0.5, 0.6) is 5.75 Å². The van der Waals surface area contributed by atoms with Gasteiger partial charge in [0.15, 0.2) is 23.3 Å². The maximum absolute atomic E-state index is 14.2. The number of ether oxygens (including phenoxy) is 1. The third-order valence-corrected chi connectivity index (χ3v) is 5.65. The summed E-state index contributed by atoms with van der Waals surface area (Å²) in [6.45, 7) is 1.54. The van der Waals surface area contributed by atoms with Gasteiger partial charge in [-0.2, -0.15) is 10.1 Å². The molecule has 0 N–H and O–H groups in total. The van der Waals surface area contributed by atoms with Gasteiger partial charge in [0.2, 0.25) is 5.82 Å². The Morgan fingerprint density at radius 3 is 2.11 bits per heavy atom. The number of rotatable bonds is 5. The number of carbonyl (C=O) groups excluding carboxylic acids is 1. The molecule has 1 amide bonds. The van der Waals surface area contributed by atoms with Crippen molar-refractivity contribution in [2.75, 3.05) is 5.01 Å². The topological polar surface area (TPSA) is 41.9 Å². The van der Waals surface area contributed by atoms with E-state index in [4.69, 9.17) is 27.9 Å². The Morgan fingerprint density at radius 2 is 1.51 bits per heavy atom. The quantitative estimate of drug-likeness (QED) is 0.154. The molecule has 0 unspecified atom stereocenters. The van der Waals surface area contributed by atoms with Gasteiger partial charge in [-0.05, 0) is 42.8 Å². The van der Waals surface area contributed by atoms with Gasteiger partial charge < -0.3 is 4.74 Å². The van der Waals surface area contributed by atoms with Crippen molar-refractivity contribution in [1.29, 1.82) is 0 Å². The van der Waals surface area contributed by atoms with Gasteiger partial charge in [-0.25, -0.2) is 22.0 Å². The van der Waals surface area contributed by atoms with Crippen LogP contribution in [0.1, 0.15) is 18.1 Å². The summed E-state index contributed by atoms with van der Waals surface area (Å²) in [5, 5.41) is 4.80. The third-order valence-electron chi connectivity index (χ3n) is 5.06. The van der Waals surface area contributed by atoms with Crippen LogP contribution in [0.25, 0.3) is 6.08 Å². The Bertz CT molecular complexity index is 1380. The Balaban J connectivity index is 1.54. The summed E-state index contributed by atoms with van der Waals surface area (Å²) in [4.78, 5) is 12.7. The molecule has 0 aliphatic carbocycles. The van der Waals surface area contributed by atoms with Crippen molar-refractivity contribution in [1.82, 2.24) is 0 Å². The summed E-state index contributed by atoms with van der Waals surface area (Å²) in [6, 6.07) is 11.4. The molecule has 0 aromatic heterocycles. The number of benzene rings is 3. The largest absolute Gasteiger partial charge is 0.489 e. The van der Waals surface area contributed by atoms with Crippen LogP contribution in [-0.4, -0.2) is 11.6 Å². The lowest BCUT2D eigenvalue weighted by Crippen LogP contribution is -2.25. The predicted octanol–water partition coefficient (Wildman–Crippen LogP) is 7.07. The zero-order chi connectivity index (χ0) is 25.4. The Hall–Kier alpha value is -3.43. The van der Waals surface area contributed by atoms with E-state index in [1.54, 1.807) is 42.5 Å². The van der Waals surface area contributed by atoms with Crippen molar-refractivity contribution >= 4 is 46.6 Å². The van der Waals surface area contributed by atoms with Gasteiger partial charge >= 0.3 is 0 Å². The van der Waals surface area contributed by atoms with Crippen molar-refractivity contribution in [2.45, 2.75) is 13.5 Å². The molecule has 0 spiro atoms. The van der Waals surface area contributed by atoms with E-state index in [1.165, 1.54) is 13.0 Å². The Morgan fingerprint density at radius 1 is 0.914 bits per heavy atom. The lowest BCUT2D eigenvalue weighted by Gasteiger charge is -2.15. The molecule has 1 aliphatic rings. The molecule has 180 valence electrons. The molecule has 4 rings (SSSR count). The van der Waals surface area contributed by atoms with Crippen molar-refractivity contribution < 1.29 is 31.5 Å². The average Bonchev–Trinajstić information content (AvgIpc) is 3.10. The van der Waals surface area contributed by atoms with Crippen molar-refractivity contribution in [3.8, 4) is 5.75 Å². The van der Waals surface area contributed by atoms with E-state index in [2.05, 4.69) is 5.10 Å². The normalized spacial score (nSPS) is 14.6. The summed E-state index contributed by atoms with van der Waals surface area (Å²) in [5.74, 6) is -11.6. The summed E-state index contributed by atoms with van der Waals surface area (Å²) >= 11 is 12.0. The zero-order valence-corrected chi connectivity index (χ0v) is 19.2. The highest BCUT2D eigenvalue weighted by atomic mass is 35.5. The van der Waals surface area contributed by atoms with Crippen molar-refractivity contribution in [2.24, 2.45) is 5.10 Å². The molecular weight excluding hydrogens is 514 g/mol. The standard InChI is InChI=1S/C24H13Cl2F5N2O2/c1-11-16(24(34)33(32-11)23-21(30)19(28)18(27)20(29)22(23)31)8-12-2-6-15(7-3-12)35-10-13-4-5-14(25)9-17(13)26/h2-9H,10H2,1H3/b16-8+. The number of hydrazone groups is 1.